The summed E-state index contributed by atoms with van der Waals surface area (Å²) in [5.41, 5.74) is -4.03. The third-order valence-corrected chi connectivity index (χ3v) is 5.91. The number of halogens is 5. The molecule has 2 aromatic rings. The van der Waals surface area contributed by atoms with Crippen molar-refractivity contribution in [3.63, 3.8) is 0 Å². The van der Waals surface area contributed by atoms with Gasteiger partial charge in [-0.05, 0) is 79.5 Å². The average Bonchev–Trinajstić information content (AvgIpc) is 3.51. The van der Waals surface area contributed by atoms with Crippen LogP contribution in [0.4, 0.5) is 13.2 Å². The van der Waals surface area contributed by atoms with Gasteiger partial charge in [0.1, 0.15) is 11.5 Å². The molecule has 4 rings (SSSR count). The summed E-state index contributed by atoms with van der Waals surface area (Å²) < 4.78 is 62.6. The van der Waals surface area contributed by atoms with Gasteiger partial charge in [0.25, 0.3) is 0 Å². The van der Waals surface area contributed by atoms with Crippen LogP contribution in [0.25, 0.3) is 0 Å². The summed E-state index contributed by atoms with van der Waals surface area (Å²) in [5, 5.41) is 10.4. The molecule has 0 bridgehead atoms. The smallest absolute Gasteiger partial charge is 0.508 e. The summed E-state index contributed by atoms with van der Waals surface area (Å²) in [7, 11) is -5.63. The molecule has 2 aliphatic rings. The number of hydrogen-bond acceptors (Lipinski definition) is 4. The molecule has 0 aliphatic heterocycles. The molecule has 0 unspecified atom stereocenters. The first kappa shape index (κ1) is 22.1. The zero-order valence-corrected chi connectivity index (χ0v) is 17.2. The van der Waals surface area contributed by atoms with Gasteiger partial charge in [0.05, 0.1) is 0 Å². The van der Waals surface area contributed by atoms with Crippen LogP contribution in [-0.2, 0) is 10.1 Å². The van der Waals surface area contributed by atoms with E-state index in [-0.39, 0.29) is 11.7 Å². The highest BCUT2D eigenvalue weighted by Crippen LogP contribution is 2.46. The van der Waals surface area contributed by atoms with Crippen molar-refractivity contribution in [3.05, 3.63) is 57.6 Å². The van der Waals surface area contributed by atoms with Crippen molar-refractivity contribution in [1.29, 1.82) is 0 Å². The zero-order valence-electron chi connectivity index (χ0n) is 14.9. The van der Waals surface area contributed by atoms with Crippen LogP contribution >= 0.6 is 23.2 Å². The Kier molecular flexibility index (Phi) is 6.27. The minimum absolute atomic E-state index is 0.0159. The van der Waals surface area contributed by atoms with Gasteiger partial charge in [-0.3, -0.25) is 0 Å². The predicted molar refractivity (Wildman–Crippen MR) is 104 cm³/mol. The fourth-order valence-electron chi connectivity index (χ4n) is 2.72. The van der Waals surface area contributed by atoms with Crippen LogP contribution in [-0.4, -0.2) is 19.0 Å². The Morgan fingerprint density at radius 3 is 1.90 bits per heavy atom. The normalized spacial score (nSPS) is 16.7. The first-order valence-corrected chi connectivity index (χ1v) is 10.9. The van der Waals surface area contributed by atoms with Crippen molar-refractivity contribution < 1.29 is 30.9 Å². The van der Waals surface area contributed by atoms with Crippen molar-refractivity contribution in [3.8, 4) is 11.5 Å². The van der Waals surface area contributed by atoms with E-state index < -0.39 is 15.6 Å². The monoisotopic (exact) mass is 468 g/mol. The fourth-order valence-corrected chi connectivity index (χ4v) is 3.56. The van der Waals surface area contributed by atoms with E-state index in [2.05, 4.69) is 4.18 Å². The molecule has 2 aliphatic carbocycles. The van der Waals surface area contributed by atoms with Crippen LogP contribution in [0.1, 0.15) is 48.6 Å². The molecule has 0 saturated heterocycles. The highest BCUT2D eigenvalue weighted by Gasteiger charge is 2.49. The Labute approximate surface area is 176 Å². The van der Waals surface area contributed by atoms with Gasteiger partial charge in [-0.1, -0.05) is 23.2 Å². The lowest BCUT2D eigenvalue weighted by molar-refractivity contribution is -0.0500. The van der Waals surface area contributed by atoms with Gasteiger partial charge in [0.15, 0.2) is 0 Å². The van der Waals surface area contributed by atoms with E-state index in [1.54, 1.807) is 12.1 Å². The third kappa shape index (κ3) is 5.71. The fraction of sp³-hybridized carbons (Fsp3) is 0.368. The quantitative estimate of drug-likeness (QED) is 0.418. The molecule has 0 aromatic heterocycles. The molecular formula is C19H17Cl2F3O4S. The number of phenols is 1. The lowest BCUT2D eigenvalue weighted by atomic mass is 10.1. The van der Waals surface area contributed by atoms with E-state index in [0.29, 0.717) is 27.3 Å². The first-order chi connectivity index (χ1) is 13.5. The number of hydrogen-bond donors (Lipinski definition) is 1. The largest absolute Gasteiger partial charge is 0.534 e. The number of rotatable bonds is 4. The molecule has 2 saturated carbocycles. The summed E-state index contributed by atoms with van der Waals surface area (Å²) in [6.07, 6.45) is 3.94. The molecule has 4 nitrogen and oxygen atoms in total. The molecule has 29 heavy (non-hydrogen) atoms. The molecule has 2 aromatic carbocycles. The second-order valence-electron chi connectivity index (χ2n) is 6.92. The maximum absolute atomic E-state index is 12.2. The van der Waals surface area contributed by atoms with E-state index in [1.807, 2.05) is 6.07 Å². The van der Waals surface area contributed by atoms with Gasteiger partial charge in [-0.15, -0.1) is 0 Å². The van der Waals surface area contributed by atoms with Crippen molar-refractivity contribution in [2.24, 2.45) is 0 Å². The summed E-state index contributed by atoms with van der Waals surface area (Å²) in [4.78, 5) is 0. The van der Waals surface area contributed by atoms with Crippen molar-refractivity contribution in [2.75, 3.05) is 0 Å². The Morgan fingerprint density at radius 2 is 1.38 bits per heavy atom. The highest BCUT2D eigenvalue weighted by molar-refractivity contribution is 7.88. The summed E-state index contributed by atoms with van der Waals surface area (Å²) in [6.45, 7) is 0. The van der Waals surface area contributed by atoms with Crippen molar-refractivity contribution >= 4 is 33.3 Å². The van der Waals surface area contributed by atoms with Crippen LogP contribution in [0.2, 0.25) is 10.0 Å². The van der Waals surface area contributed by atoms with Crippen molar-refractivity contribution in [1.82, 2.24) is 0 Å². The van der Waals surface area contributed by atoms with Crippen LogP contribution in [0.15, 0.2) is 36.4 Å². The molecule has 158 valence electrons. The number of phenolic OH excluding ortho intramolecular Hbond substituents is 1. The zero-order chi connectivity index (χ0) is 21.4. The average molecular weight is 469 g/mol. The maximum Gasteiger partial charge on any atom is 0.534 e. The van der Waals surface area contributed by atoms with Gasteiger partial charge in [0.2, 0.25) is 0 Å². The third-order valence-electron chi connectivity index (χ3n) is 4.48. The predicted octanol–water partition coefficient (Wildman–Crippen LogP) is 6.37. The van der Waals surface area contributed by atoms with Crippen LogP contribution < -0.4 is 4.18 Å². The molecule has 0 atom stereocenters. The first-order valence-electron chi connectivity index (χ1n) is 8.76. The lowest BCUT2D eigenvalue weighted by Crippen LogP contribution is -2.28. The van der Waals surface area contributed by atoms with E-state index >= 15 is 0 Å². The minimum Gasteiger partial charge on any atom is -0.508 e. The molecule has 0 spiro atoms. The van der Waals surface area contributed by atoms with E-state index in [0.717, 1.165) is 24.5 Å². The number of benzene rings is 2. The number of aromatic hydroxyl groups is 1. The van der Waals surface area contributed by atoms with E-state index in [1.165, 1.54) is 25.0 Å². The number of alkyl halides is 3. The molecule has 0 amide bonds. The Hall–Kier alpha value is -1.64. The van der Waals surface area contributed by atoms with Crippen LogP contribution in [0.3, 0.4) is 0 Å². The molecule has 0 radical (unpaired) electrons. The molecule has 2 fully saturated rings. The second-order valence-corrected chi connectivity index (χ2v) is 9.33. The molecule has 1 N–H and O–H groups in total. The lowest BCUT2D eigenvalue weighted by Gasteiger charge is -2.12. The standard InChI is InChI=1S/C10H8ClF3O3S.C9H9ClO/c11-7-3-4-9(8(5-7)6-1-2-6)17-18(15,16)10(12,13)14;10-7-3-4-9(11)8(5-7)6-1-2-6/h3-6H,1-2H2;3-6,11H,1-2H2. The van der Waals surface area contributed by atoms with Gasteiger partial charge in [0, 0.05) is 15.6 Å². The minimum atomic E-state index is -5.63. The Morgan fingerprint density at radius 1 is 0.897 bits per heavy atom. The van der Waals surface area contributed by atoms with E-state index in [4.69, 9.17) is 23.2 Å². The SMILES string of the molecule is O=S(=O)(Oc1ccc(Cl)cc1C1CC1)C(F)(F)F.Oc1ccc(Cl)cc1C1CC1. The maximum atomic E-state index is 12.2. The van der Waals surface area contributed by atoms with Gasteiger partial charge in [-0.25, -0.2) is 0 Å². The van der Waals surface area contributed by atoms with Gasteiger partial charge < -0.3 is 9.29 Å². The van der Waals surface area contributed by atoms with Crippen LogP contribution in [0.5, 0.6) is 11.5 Å². The second kappa shape index (κ2) is 8.24. The summed E-state index contributed by atoms with van der Waals surface area (Å²) in [6, 6.07) is 9.09. The van der Waals surface area contributed by atoms with Gasteiger partial charge >= 0.3 is 15.6 Å². The van der Waals surface area contributed by atoms with Gasteiger partial charge in [-0.2, -0.15) is 21.6 Å². The summed E-state index contributed by atoms with van der Waals surface area (Å²) in [5.74, 6) is 0.659. The molecule has 0 heterocycles. The highest BCUT2D eigenvalue weighted by atomic mass is 35.5. The molecular weight excluding hydrogens is 452 g/mol. The van der Waals surface area contributed by atoms with E-state index in [9.17, 15) is 26.7 Å². The van der Waals surface area contributed by atoms with Crippen molar-refractivity contribution in [2.45, 2.75) is 43.0 Å². The summed E-state index contributed by atoms with van der Waals surface area (Å²) >= 11 is 11.5. The Bertz CT molecular complexity index is 1000. The topological polar surface area (TPSA) is 63.6 Å². The molecule has 10 heteroatoms. The Balaban J connectivity index is 0.000000186. The van der Waals surface area contributed by atoms with Crippen LogP contribution in [0, 0.1) is 0 Å².